The zero-order valence-electron chi connectivity index (χ0n) is 10.2. The van der Waals surface area contributed by atoms with Crippen LogP contribution in [0.5, 0.6) is 5.75 Å². The fourth-order valence-electron chi connectivity index (χ4n) is 1.50. The van der Waals surface area contributed by atoms with E-state index in [1.807, 2.05) is 18.2 Å². The lowest BCUT2D eigenvalue weighted by molar-refractivity contribution is -0.118. The Morgan fingerprint density at radius 3 is 2.80 bits per heavy atom. The lowest BCUT2D eigenvalue weighted by Crippen LogP contribution is -2.20. The summed E-state index contributed by atoms with van der Waals surface area (Å²) in [6, 6.07) is 11.8. The third kappa shape index (κ3) is 4.45. The van der Waals surface area contributed by atoms with Gasteiger partial charge in [-0.2, -0.15) is 0 Å². The highest BCUT2D eigenvalue weighted by atomic mass is 127. The Kier molecular flexibility index (Phi) is 5.36. The Balaban J connectivity index is 1.92. The quantitative estimate of drug-likeness (QED) is 0.710. The van der Waals surface area contributed by atoms with E-state index in [-0.39, 0.29) is 18.3 Å². The van der Waals surface area contributed by atoms with Crippen LogP contribution in [0, 0.1) is 9.39 Å². The molecule has 104 valence electrons. The van der Waals surface area contributed by atoms with Gasteiger partial charge in [0.25, 0.3) is 5.91 Å². The summed E-state index contributed by atoms with van der Waals surface area (Å²) in [6.45, 7) is -0.246. The number of halogens is 3. The number of benzene rings is 2. The second-order valence-corrected chi connectivity index (χ2v) is 6.08. The predicted octanol–water partition coefficient (Wildman–Crippen LogP) is 4.21. The summed E-state index contributed by atoms with van der Waals surface area (Å²) >= 11 is 5.31. The SMILES string of the molecule is O=C(COc1ccc(Br)cc1F)Nc1cccc(I)c1. The molecule has 0 atom stereocenters. The van der Waals surface area contributed by atoms with Gasteiger partial charge < -0.3 is 10.1 Å². The average Bonchev–Trinajstić information content (AvgIpc) is 2.37. The molecule has 0 fully saturated rings. The van der Waals surface area contributed by atoms with E-state index in [1.54, 1.807) is 12.1 Å². The number of nitrogens with one attached hydrogen (secondary N) is 1. The highest BCUT2D eigenvalue weighted by molar-refractivity contribution is 14.1. The first kappa shape index (κ1) is 15.2. The number of ether oxygens (including phenoxy) is 1. The van der Waals surface area contributed by atoms with Crippen LogP contribution in [0.1, 0.15) is 0 Å². The van der Waals surface area contributed by atoms with Crippen LogP contribution >= 0.6 is 38.5 Å². The van der Waals surface area contributed by atoms with Crippen LogP contribution in [0.2, 0.25) is 0 Å². The fraction of sp³-hybridized carbons (Fsp3) is 0.0714. The molecule has 20 heavy (non-hydrogen) atoms. The monoisotopic (exact) mass is 449 g/mol. The van der Waals surface area contributed by atoms with E-state index < -0.39 is 5.82 Å². The normalized spacial score (nSPS) is 10.2. The van der Waals surface area contributed by atoms with Gasteiger partial charge in [-0.25, -0.2) is 4.39 Å². The Morgan fingerprint density at radius 1 is 1.30 bits per heavy atom. The van der Waals surface area contributed by atoms with Gasteiger partial charge in [0.15, 0.2) is 18.2 Å². The van der Waals surface area contributed by atoms with Gasteiger partial charge in [0.05, 0.1) is 0 Å². The predicted molar refractivity (Wildman–Crippen MR) is 87.4 cm³/mol. The van der Waals surface area contributed by atoms with E-state index >= 15 is 0 Å². The van der Waals surface area contributed by atoms with E-state index in [2.05, 4.69) is 43.8 Å². The summed E-state index contributed by atoms with van der Waals surface area (Å²) < 4.78 is 20.3. The lowest BCUT2D eigenvalue weighted by Gasteiger charge is -2.08. The van der Waals surface area contributed by atoms with Crippen LogP contribution in [-0.2, 0) is 4.79 Å². The molecule has 1 amide bonds. The smallest absolute Gasteiger partial charge is 0.262 e. The number of rotatable bonds is 4. The minimum atomic E-state index is -0.513. The van der Waals surface area contributed by atoms with Crippen molar-refractivity contribution >= 4 is 50.1 Å². The highest BCUT2D eigenvalue weighted by Gasteiger charge is 2.08. The van der Waals surface area contributed by atoms with Crippen LogP contribution in [0.25, 0.3) is 0 Å². The van der Waals surface area contributed by atoms with Crippen molar-refractivity contribution in [1.82, 2.24) is 0 Å². The van der Waals surface area contributed by atoms with E-state index in [1.165, 1.54) is 12.1 Å². The summed E-state index contributed by atoms with van der Waals surface area (Å²) in [5.41, 5.74) is 0.682. The molecule has 0 aliphatic carbocycles. The summed E-state index contributed by atoms with van der Waals surface area (Å²) in [4.78, 5) is 11.7. The van der Waals surface area contributed by atoms with Crippen LogP contribution in [0.3, 0.4) is 0 Å². The summed E-state index contributed by atoms with van der Waals surface area (Å²) in [5, 5.41) is 2.68. The van der Waals surface area contributed by atoms with Crippen molar-refractivity contribution in [3.63, 3.8) is 0 Å². The number of carbonyl (C=O) groups excluding carboxylic acids is 1. The topological polar surface area (TPSA) is 38.3 Å². The Hall–Kier alpha value is -1.15. The molecule has 2 rings (SSSR count). The molecule has 0 bridgehead atoms. The first-order valence-corrected chi connectivity index (χ1v) is 7.55. The van der Waals surface area contributed by atoms with Gasteiger partial charge in [-0.1, -0.05) is 22.0 Å². The Bertz CT molecular complexity index is 636. The molecular formula is C14H10BrFINO2. The molecule has 0 aliphatic heterocycles. The highest BCUT2D eigenvalue weighted by Crippen LogP contribution is 2.21. The van der Waals surface area contributed by atoms with Crippen LogP contribution < -0.4 is 10.1 Å². The van der Waals surface area contributed by atoms with Crippen LogP contribution in [0.15, 0.2) is 46.9 Å². The molecule has 0 saturated carbocycles. The Labute approximate surface area is 137 Å². The second-order valence-electron chi connectivity index (χ2n) is 3.92. The van der Waals surface area contributed by atoms with Crippen molar-refractivity contribution in [1.29, 1.82) is 0 Å². The molecule has 0 spiro atoms. The fourth-order valence-corrected chi connectivity index (χ4v) is 2.38. The molecule has 0 aliphatic rings. The number of anilines is 1. The molecule has 0 heterocycles. The minimum absolute atomic E-state index is 0.0472. The van der Waals surface area contributed by atoms with Gasteiger partial charge in [0, 0.05) is 13.7 Å². The van der Waals surface area contributed by atoms with E-state index in [4.69, 9.17) is 4.74 Å². The number of amides is 1. The van der Waals surface area contributed by atoms with Crippen LogP contribution in [-0.4, -0.2) is 12.5 Å². The summed E-state index contributed by atoms with van der Waals surface area (Å²) in [5.74, 6) is -0.804. The number of hydrogen-bond donors (Lipinski definition) is 1. The Morgan fingerprint density at radius 2 is 2.10 bits per heavy atom. The van der Waals surface area contributed by atoms with Crippen molar-refractivity contribution in [3.05, 3.63) is 56.3 Å². The van der Waals surface area contributed by atoms with Gasteiger partial charge in [-0.15, -0.1) is 0 Å². The molecular weight excluding hydrogens is 440 g/mol. The first-order valence-electron chi connectivity index (χ1n) is 5.68. The molecule has 0 saturated heterocycles. The summed E-state index contributed by atoms with van der Waals surface area (Å²) in [6.07, 6.45) is 0. The maximum absolute atomic E-state index is 13.5. The zero-order valence-corrected chi connectivity index (χ0v) is 13.9. The molecule has 0 unspecified atom stereocenters. The molecule has 6 heteroatoms. The van der Waals surface area contributed by atoms with Crippen LogP contribution in [0.4, 0.5) is 10.1 Å². The molecule has 0 aromatic heterocycles. The largest absolute Gasteiger partial charge is 0.481 e. The second kappa shape index (κ2) is 7.03. The minimum Gasteiger partial charge on any atom is -0.481 e. The maximum atomic E-state index is 13.5. The van der Waals surface area contributed by atoms with E-state index in [9.17, 15) is 9.18 Å². The van der Waals surface area contributed by atoms with Crippen molar-refractivity contribution in [2.45, 2.75) is 0 Å². The third-order valence-corrected chi connectivity index (χ3v) is 3.53. The average molecular weight is 450 g/mol. The van der Waals surface area contributed by atoms with Gasteiger partial charge in [-0.3, -0.25) is 4.79 Å². The summed E-state index contributed by atoms with van der Waals surface area (Å²) in [7, 11) is 0. The molecule has 2 aromatic rings. The van der Waals surface area contributed by atoms with Crippen molar-refractivity contribution < 1.29 is 13.9 Å². The third-order valence-electron chi connectivity index (χ3n) is 2.36. The maximum Gasteiger partial charge on any atom is 0.262 e. The van der Waals surface area contributed by atoms with Gasteiger partial charge >= 0.3 is 0 Å². The molecule has 0 radical (unpaired) electrons. The first-order chi connectivity index (χ1) is 9.54. The van der Waals surface area contributed by atoms with Crippen molar-refractivity contribution in [2.24, 2.45) is 0 Å². The van der Waals surface area contributed by atoms with Crippen molar-refractivity contribution in [3.8, 4) is 5.75 Å². The molecule has 1 N–H and O–H groups in total. The standard InChI is InChI=1S/C14H10BrFINO2/c15-9-4-5-13(12(16)6-9)20-8-14(19)18-11-3-1-2-10(17)7-11/h1-7H,8H2,(H,18,19). The number of hydrogen-bond acceptors (Lipinski definition) is 2. The number of carbonyl (C=O) groups is 1. The lowest BCUT2D eigenvalue weighted by atomic mass is 10.3. The van der Waals surface area contributed by atoms with Gasteiger partial charge in [0.2, 0.25) is 0 Å². The molecule has 2 aromatic carbocycles. The van der Waals surface area contributed by atoms with Gasteiger partial charge in [-0.05, 0) is 59.0 Å². The molecule has 3 nitrogen and oxygen atoms in total. The van der Waals surface area contributed by atoms with Crippen molar-refractivity contribution in [2.75, 3.05) is 11.9 Å². The van der Waals surface area contributed by atoms with Gasteiger partial charge in [0.1, 0.15) is 0 Å². The zero-order chi connectivity index (χ0) is 14.5. The van der Waals surface area contributed by atoms with E-state index in [0.29, 0.717) is 10.2 Å². The van der Waals surface area contributed by atoms with E-state index in [0.717, 1.165) is 3.57 Å².